The normalized spacial score (nSPS) is 10.0. The van der Waals surface area contributed by atoms with Crippen molar-refractivity contribution < 1.29 is 19.4 Å². The Balaban J connectivity index is 2.04. The van der Waals surface area contributed by atoms with Gasteiger partial charge in [-0.25, -0.2) is 9.59 Å². The van der Waals surface area contributed by atoms with Crippen LogP contribution in [0, 0.1) is 0 Å². The third-order valence-electron chi connectivity index (χ3n) is 2.04. The summed E-state index contributed by atoms with van der Waals surface area (Å²) >= 11 is 0. The Morgan fingerprint density at radius 3 is 2.67 bits per heavy atom. The Kier molecular flexibility index (Phi) is 3.28. The quantitative estimate of drug-likeness (QED) is 0.790. The fraction of sp³-hybridized carbons (Fsp3) is 0.100. The van der Waals surface area contributed by atoms with Gasteiger partial charge >= 0.3 is 12.1 Å². The Bertz CT molecular complexity index is 566. The first kappa shape index (κ1) is 11.7. The molecule has 0 spiro atoms. The maximum absolute atomic E-state index is 11.5. The van der Waals surface area contributed by atoms with Gasteiger partial charge in [0.05, 0.1) is 0 Å². The standard InChI is InChI=1S/C10H8N4O4/c15-9(16)8-11-12-13-14(8)10(17)18-6-7-4-2-1-3-5-7/h1-5H,6H2,(H,15,16). The van der Waals surface area contributed by atoms with Crippen molar-refractivity contribution in [3.05, 3.63) is 41.7 Å². The summed E-state index contributed by atoms with van der Waals surface area (Å²) in [6.45, 7) is 0.0125. The van der Waals surface area contributed by atoms with Crippen LogP contribution in [0.25, 0.3) is 0 Å². The number of hydrogen-bond acceptors (Lipinski definition) is 6. The average molecular weight is 248 g/mol. The summed E-state index contributed by atoms with van der Waals surface area (Å²) in [6.07, 6.45) is -0.943. The van der Waals surface area contributed by atoms with Gasteiger partial charge in [0, 0.05) is 0 Å². The lowest BCUT2D eigenvalue weighted by molar-refractivity contribution is 0.0670. The van der Waals surface area contributed by atoms with Crippen molar-refractivity contribution in [2.45, 2.75) is 6.61 Å². The molecular formula is C10H8N4O4. The smallest absolute Gasteiger partial charge is 0.438 e. The van der Waals surface area contributed by atoms with E-state index in [2.05, 4.69) is 15.5 Å². The first-order chi connectivity index (χ1) is 8.68. The highest BCUT2D eigenvalue weighted by Crippen LogP contribution is 2.02. The number of aromatic carboxylic acids is 1. The van der Waals surface area contributed by atoms with Crippen LogP contribution < -0.4 is 0 Å². The lowest BCUT2D eigenvalue weighted by atomic mass is 10.2. The van der Waals surface area contributed by atoms with Gasteiger partial charge in [-0.3, -0.25) is 0 Å². The zero-order chi connectivity index (χ0) is 13.0. The van der Waals surface area contributed by atoms with Crippen molar-refractivity contribution >= 4 is 12.1 Å². The van der Waals surface area contributed by atoms with E-state index < -0.39 is 17.9 Å². The van der Waals surface area contributed by atoms with Crippen LogP contribution in [0.4, 0.5) is 4.79 Å². The summed E-state index contributed by atoms with van der Waals surface area (Å²) in [7, 11) is 0. The molecule has 0 aliphatic heterocycles. The molecule has 1 aromatic heterocycles. The lowest BCUT2D eigenvalue weighted by Gasteiger charge is -2.03. The lowest BCUT2D eigenvalue weighted by Crippen LogP contribution is -2.20. The van der Waals surface area contributed by atoms with Gasteiger partial charge in [-0.2, -0.15) is 0 Å². The third-order valence-corrected chi connectivity index (χ3v) is 2.04. The van der Waals surface area contributed by atoms with E-state index in [0.717, 1.165) is 5.56 Å². The van der Waals surface area contributed by atoms with Gasteiger partial charge in [-0.1, -0.05) is 30.3 Å². The minimum absolute atomic E-state index is 0.0125. The number of benzene rings is 1. The van der Waals surface area contributed by atoms with Gasteiger partial charge in [-0.15, -0.1) is 9.78 Å². The van der Waals surface area contributed by atoms with Crippen molar-refractivity contribution in [2.75, 3.05) is 0 Å². The molecule has 8 nitrogen and oxygen atoms in total. The highest BCUT2D eigenvalue weighted by atomic mass is 16.6. The molecule has 18 heavy (non-hydrogen) atoms. The van der Waals surface area contributed by atoms with Gasteiger partial charge in [0.25, 0.3) is 5.82 Å². The number of tetrazole rings is 1. The van der Waals surface area contributed by atoms with Crippen LogP contribution >= 0.6 is 0 Å². The Hall–Kier alpha value is -2.77. The molecule has 0 aliphatic carbocycles. The molecule has 0 atom stereocenters. The molecule has 0 unspecified atom stereocenters. The second-order valence-electron chi connectivity index (χ2n) is 3.26. The summed E-state index contributed by atoms with van der Waals surface area (Å²) in [6, 6.07) is 8.96. The molecule has 1 aromatic carbocycles. The highest BCUT2D eigenvalue weighted by molar-refractivity contribution is 5.87. The third kappa shape index (κ3) is 2.48. The molecule has 0 bridgehead atoms. The van der Waals surface area contributed by atoms with Crippen LogP contribution in [0.15, 0.2) is 30.3 Å². The number of ether oxygens (including phenoxy) is 1. The van der Waals surface area contributed by atoms with Crippen LogP contribution in [-0.2, 0) is 11.3 Å². The van der Waals surface area contributed by atoms with Crippen LogP contribution in [-0.4, -0.2) is 37.4 Å². The van der Waals surface area contributed by atoms with Gasteiger partial charge in [-0.05, 0) is 16.0 Å². The van der Waals surface area contributed by atoms with Gasteiger partial charge in [0.15, 0.2) is 0 Å². The number of carbonyl (C=O) groups excluding carboxylic acids is 1. The zero-order valence-electron chi connectivity index (χ0n) is 9.05. The minimum Gasteiger partial charge on any atom is -0.475 e. The second-order valence-corrected chi connectivity index (χ2v) is 3.26. The van der Waals surface area contributed by atoms with Crippen LogP contribution in [0.2, 0.25) is 0 Å². The molecule has 0 amide bonds. The molecule has 8 heteroatoms. The molecule has 2 aromatic rings. The average Bonchev–Trinajstić information content (AvgIpc) is 2.86. The van der Waals surface area contributed by atoms with Crippen molar-refractivity contribution in [2.24, 2.45) is 0 Å². The summed E-state index contributed by atoms with van der Waals surface area (Å²) in [5.41, 5.74) is 0.774. The molecule has 0 saturated heterocycles. The number of aromatic nitrogens is 4. The summed E-state index contributed by atoms with van der Waals surface area (Å²) in [4.78, 5) is 22.2. The molecule has 0 fully saturated rings. The number of rotatable bonds is 3. The number of carboxylic acids is 1. The first-order valence-corrected chi connectivity index (χ1v) is 4.91. The fourth-order valence-electron chi connectivity index (χ4n) is 1.22. The van der Waals surface area contributed by atoms with E-state index >= 15 is 0 Å². The molecule has 2 rings (SSSR count). The fourth-order valence-corrected chi connectivity index (χ4v) is 1.22. The zero-order valence-corrected chi connectivity index (χ0v) is 9.05. The first-order valence-electron chi connectivity index (χ1n) is 4.91. The van der Waals surface area contributed by atoms with Gasteiger partial charge in [0.1, 0.15) is 6.61 Å². The number of carbonyl (C=O) groups is 2. The molecule has 92 valence electrons. The van der Waals surface area contributed by atoms with Crippen molar-refractivity contribution in [3.8, 4) is 0 Å². The van der Waals surface area contributed by atoms with E-state index in [1.54, 1.807) is 24.3 Å². The number of hydrogen-bond donors (Lipinski definition) is 1. The van der Waals surface area contributed by atoms with Crippen LogP contribution in [0.5, 0.6) is 0 Å². The van der Waals surface area contributed by atoms with Crippen molar-refractivity contribution in [1.82, 2.24) is 20.2 Å². The topological polar surface area (TPSA) is 107 Å². The molecular weight excluding hydrogens is 240 g/mol. The van der Waals surface area contributed by atoms with Gasteiger partial charge in [0.2, 0.25) is 0 Å². The highest BCUT2D eigenvalue weighted by Gasteiger charge is 2.20. The summed E-state index contributed by atoms with van der Waals surface area (Å²) in [5.74, 6) is -2.00. The minimum atomic E-state index is -1.41. The van der Waals surface area contributed by atoms with Crippen molar-refractivity contribution in [1.29, 1.82) is 0 Å². The number of carboxylic acid groups (broad SMARTS) is 1. The predicted octanol–water partition coefficient (Wildman–Crippen LogP) is 0.556. The molecule has 0 aliphatic rings. The largest absolute Gasteiger partial charge is 0.475 e. The van der Waals surface area contributed by atoms with E-state index in [-0.39, 0.29) is 6.61 Å². The van der Waals surface area contributed by atoms with Crippen LogP contribution in [0.1, 0.15) is 16.2 Å². The van der Waals surface area contributed by atoms with Crippen LogP contribution in [0.3, 0.4) is 0 Å². The Labute approximate surface area is 101 Å². The van der Waals surface area contributed by atoms with Gasteiger partial charge < -0.3 is 9.84 Å². The molecule has 0 saturated carbocycles. The summed E-state index contributed by atoms with van der Waals surface area (Å²) < 4.78 is 5.37. The molecule has 0 radical (unpaired) electrons. The maximum atomic E-state index is 11.5. The Morgan fingerprint density at radius 2 is 2.00 bits per heavy atom. The van der Waals surface area contributed by atoms with E-state index in [1.807, 2.05) is 6.07 Å². The second kappa shape index (κ2) is 5.04. The van der Waals surface area contributed by atoms with E-state index in [1.165, 1.54) is 0 Å². The number of nitrogens with zero attached hydrogens (tertiary/aromatic N) is 4. The molecule has 1 N–H and O–H groups in total. The Morgan fingerprint density at radius 1 is 1.28 bits per heavy atom. The molecule has 1 heterocycles. The SMILES string of the molecule is O=C(O)c1nnnn1C(=O)OCc1ccccc1. The predicted molar refractivity (Wildman–Crippen MR) is 56.8 cm³/mol. The van der Waals surface area contributed by atoms with E-state index in [4.69, 9.17) is 9.84 Å². The summed E-state index contributed by atoms with van der Waals surface area (Å²) in [5, 5.41) is 18.3. The maximum Gasteiger partial charge on any atom is 0.438 e. The van der Waals surface area contributed by atoms with Crippen molar-refractivity contribution in [3.63, 3.8) is 0 Å². The van der Waals surface area contributed by atoms with E-state index in [0.29, 0.717) is 4.68 Å². The monoisotopic (exact) mass is 248 g/mol. The van der Waals surface area contributed by atoms with E-state index in [9.17, 15) is 9.59 Å².